The van der Waals surface area contributed by atoms with E-state index in [0.29, 0.717) is 11.1 Å². The van der Waals surface area contributed by atoms with E-state index in [1.807, 2.05) is 44.2 Å². The molecular formula is C17H19F2N. The Labute approximate surface area is 118 Å². The fraction of sp³-hybridized carbons (Fsp3) is 0.294. The lowest BCUT2D eigenvalue weighted by Gasteiger charge is -2.33. The second-order valence-electron chi connectivity index (χ2n) is 5.69. The maximum atomic E-state index is 14.0. The van der Waals surface area contributed by atoms with E-state index in [1.54, 1.807) is 6.92 Å². The molecule has 0 aliphatic heterocycles. The number of hydrogen-bond acceptors (Lipinski definition) is 1. The molecule has 0 fully saturated rings. The van der Waals surface area contributed by atoms with Gasteiger partial charge in [-0.25, -0.2) is 8.78 Å². The fourth-order valence-electron chi connectivity index (χ4n) is 2.35. The quantitative estimate of drug-likeness (QED) is 0.890. The van der Waals surface area contributed by atoms with E-state index < -0.39 is 23.1 Å². The van der Waals surface area contributed by atoms with Crippen LogP contribution in [0.1, 0.15) is 36.6 Å². The SMILES string of the molecule is Cc1cc(C(N)C(C)(C)c2ccccc2)c(F)cc1F. The molecule has 3 heteroatoms. The van der Waals surface area contributed by atoms with Crippen LogP contribution in [0.2, 0.25) is 0 Å². The van der Waals surface area contributed by atoms with Crippen LogP contribution in [-0.2, 0) is 5.41 Å². The highest BCUT2D eigenvalue weighted by atomic mass is 19.1. The van der Waals surface area contributed by atoms with E-state index in [0.717, 1.165) is 11.6 Å². The molecular weight excluding hydrogens is 256 g/mol. The van der Waals surface area contributed by atoms with Gasteiger partial charge in [-0.2, -0.15) is 0 Å². The minimum absolute atomic E-state index is 0.345. The Hall–Kier alpha value is -1.74. The summed E-state index contributed by atoms with van der Waals surface area (Å²) in [4.78, 5) is 0. The normalized spacial score (nSPS) is 13.3. The van der Waals surface area contributed by atoms with Crippen molar-refractivity contribution < 1.29 is 8.78 Å². The van der Waals surface area contributed by atoms with Crippen LogP contribution < -0.4 is 5.73 Å². The Morgan fingerprint density at radius 3 is 2.20 bits per heavy atom. The molecule has 0 amide bonds. The molecule has 106 valence electrons. The minimum atomic E-state index is -0.593. The van der Waals surface area contributed by atoms with Crippen molar-refractivity contribution >= 4 is 0 Å². The summed E-state index contributed by atoms with van der Waals surface area (Å²) >= 11 is 0. The van der Waals surface area contributed by atoms with Crippen molar-refractivity contribution in [3.63, 3.8) is 0 Å². The molecule has 0 saturated carbocycles. The van der Waals surface area contributed by atoms with Gasteiger partial charge in [0.2, 0.25) is 0 Å². The first kappa shape index (κ1) is 14.7. The van der Waals surface area contributed by atoms with Crippen molar-refractivity contribution in [2.45, 2.75) is 32.2 Å². The second kappa shape index (κ2) is 5.33. The molecule has 0 aromatic heterocycles. The van der Waals surface area contributed by atoms with E-state index in [9.17, 15) is 8.78 Å². The van der Waals surface area contributed by atoms with E-state index in [-0.39, 0.29) is 0 Å². The van der Waals surface area contributed by atoms with Crippen LogP contribution >= 0.6 is 0 Å². The summed E-state index contributed by atoms with van der Waals surface area (Å²) < 4.78 is 27.4. The third kappa shape index (κ3) is 2.59. The van der Waals surface area contributed by atoms with Gasteiger partial charge >= 0.3 is 0 Å². The highest BCUT2D eigenvalue weighted by Crippen LogP contribution is 2.36. The Kier molecular flexibility index (Phi) is 3.91. The largest absolute Gasteiger partial charge is 0.323 e. The van der Waals surface area contributed by atoms with Gasteiger partial charge in [-0.05, 0) is 24.1 Å². The van der Waals surface area contributed by atoms with Crippen molar-refractivity contribution in [2.75, 3.05) is 0 Å². The highest BCUT2D eigenvalue weighted by molar-refractivity contribution is 5.34. The number of hydrogen-bond donors (Lipinski definition) is 1. The molecule has 2 N–H and O–H groups in total. The van der Waals surface area contributed by atoms with Crippen LogP contribution in [0.5, 0.6) is 0 Å². The summed E-state index contributed by atoms with van der Waals surface area (Å²) in [7, 11) is 0. The second-order valence-corrected chi connectivity index (χ2v) is 5.69. The molecule has 1 nitrogen and oxygen atoms in total. The number of rotatable bonds is 3. The smallest absolute Gasteiger partial charge is 0.130 e. The molecule has 0 aliphatic rings. The van der Waals surface area contributed by atoms with Gasteiger partial charge in [0.05, 0.1) is 0 Å². The van der Waals surface area contributed by atoms with Crippen molar-refractivity contribution in [3.05, 3.63) is 70.8 Å². The Morgan fingerprint density at radius 2 is 1.60 bits per heavy atom. The van der Waals surface area contributed by atoms with Gasteiger partial charge in [0, 0.05) is 23.1 Å². The molecule has 0 heterocycles. The summed E-state index contributed by atoms with van der Waals surface area (Å²) in [5.41, 5.74) is 7.58. The lowest BCUT2D eigenvalue weighted by Crippen LogP contribution is -2.34. The van der Waals surface area contributed by atoms with Crippen LogP contribution in [0.25, 0.3) is 0 Å². The fourth-order valence-corrected chi connectivity index (χ4v) is 2.35. The average molecular weight is 275 g/mol. The lowest BCUT2D eigenvalue weighted by atomic mass is 9.75. The van der Waals surface area contributed by atoms with Gasteiger partial charge in [-0.3, -0.25) is 0 Å². The lowest BCUT2D eigenvalue weighted by molar-refractivity contribution is 0.405. The van der Waals surface area contributed by atoms with Gasteiger partial charge in [0.1, 0.15) is 11.6 Å². The first-order valence-corrected chi connectivity index (χ1v) is 6.60. The van der Waals surface area contributed by atoms with Crippen LogP contribution in [0, 0.1) is 18.6 Å². The minimum Gasteiger partial charge on any atom is -0.323 e. The third-order valence-corrected chi connectivity index (χ3v) is 3.91. The predicted molar refractivity (Wildman–Crippen MR) is 77.5 cm³/mol. The van der Waals surface area contributed by atoms with Gasteiger partial charge in [-0.1, -0.05) is 44.2 Å². The molecule has 0 spiro atoms. The zero-order valence-corrected chi connectivity index (χ0v) is 12.0. The molecule has 1 unspecified atom stereocenters. The van der Waals surface area contributed by atoms with E-state index in [2.05, 4.69) is 0 Å². The monoisotopic (exact) mass is 275 g/mol. The zero-order chi connectivity index (χ0) is 14.9. The van der Waals surface area contributed by atoms with Crippen LogP contribution in [0.15, 0.2) is 42.5 Å². The zero-order valence-electron chi connectivity index (χ0n) is 12.0. The molecule has 0 radical (unpaired) electrons. The van der Waals surface area contributed by atoms with Crippen molar-refractivity contribution in [2.24, 2.45) is 5.73 Å². The van der Waals surface area contributed by atoms with Crippen molar-refractivity contribution in [1.29, 1.82) is 0 Å². The Balaban J connectivity index is 2.45. The average Bonchev–Trinajstić information content (AvgIpc) is 2.43. The number of nitrogens with two attached hydrogens (primary N) is 1. The van der Waals surface area contributed by atoms with Crippen LogP contribution in [0.3, 0.4) is 0 Å². The van der Waals surface area contributed by atoms with E-state index >= 15 is 0 Å². The highest BCUT2D eigenvalue weighted by Gasteiger charge is 2.31. The van der Waals surface area contributed by atoms with E-state index in [1.165, 1.54) is 6.07 Å². The third-order valence-electron chi connectivity index (χ3n) is 3.91. The number of halogens is 2. The van der Waals surface area contributed by atoms with Crippen LogP contribution in [0.4, 0.5) is 8.78 Å². The summed E-state index contributed by atoms with van der Waals surface area (Å²) in [6.45, 7) is 5.54. The Morgan fingerprint density at radius 1 is 1.00 bits per heavy atom. The van der Waals surface area contributed by atoms with Gasteiger partial charge in [0.25, 0.3) is 0 Å². The first-order chi connectivity index (χ1) is 9.34. The standard InChI is InChI=1S/C17H19F2N/c1-11-9-13(15(19)10-14(11)18)16(20)17(2,3)12-7-5-4-6-8-12/h4-10,16H,20H2,1-3H3. The molecule has 0 bridgehead atoms. The van der Waals surface area contributed by atoms with Gasteiger partial charge in [0.15, 0.2) is 0 Å². The molecule has 1 atom stereocenters. The van der Waals surface area contributed by atoms with Gasteiger partial charge in [-0.15, -0.1) is 0 Å². The number of benzene rings is 2. The topological polar surface area (TPSA) is 26.0 Å². The Bertz CT molecular complexity index is 606. The first-order valence-electron chi connectivity index (χ1n) is 6.60. The van der Waals surface area contributed by atoms with E-state index in [4.69, 9.17) is 5.73 Å². The molecule has 2 aromatic rings. The summed E-state index contributed by atoms with van der Waals surface area (Å²) in [6.07, 6.45) is 0. The molecule has 2 rings (SSSR count). The molecule has 0 saturated heterocycles. The van der Waals surface area contributed by atoms with Crippen LogP contribution in [-0.4, -0.2) is 0 Å². The molecule has 0 aliphatic carbocycles. The maximum Gasteiger partial charge on any atom is 0.130 e. The van der Waals surface area contributed by atoms with Gasteiger partial charge < -0.3 is 5.73 Å². The summed E-state index contributed by atoms with van der Waals surface area (Å²) in [5.74, 6) is -1.14. The van der Waals surface area contributed by atoms with Crippen molar-refractivity contribution in [3.8, 4) is 0 Å². The van der Waals surface area contributed by atoms with Crippen molar-refractivity contribution in [1.82, 2.24) is 0 Å². The summed E-state index contributed by atoms with van der Waals surface area (Å²) in [5, 5.41) is 0. The summed E-state index contributed by atoms with van der Waals surface area (Å²) in [6, 6.07) is 11.6. The molecule has 2 aromatic carbocycles. The number of aryl methyl sites for hydroxylation is 1. The maximum absolute atomic E-state index is 14.0. The predicted octanol–water partition coefficient (Wildman–Crippen LogP) is 4.25. The molecule has 20 heavy (non-hydrogen) atoms.